The lowest BCUT2D eigenvalue weighted by Crippen LogP contribution is -2.50. The van der Waals surface area contributed by atoms with Crippen LogP contribution in [0.25, 0.3) is 0 Å². The number of phenols is 1. The first kappa shape index (κ1) is 31.8. The van der Waals surface area contributed by atoms with Crippen molar-refractivity contribution < 1.29 is 38.8 Å². The molecule has 1 saturated carbocycles. The molecule has 3 aromatic carbocycles. The van der Waals surface area contributed by atoms with E-state index in [-0.39, 0.29) is 25.2 Å². The van der Waals surface area contributed by atoms with Gasteiger partial charge in [-0.3, -0.25) is 9.36 Å². The number of carbonyl (C=O) groups is 3. The Hall–Kier alpha value is -4.14. The Bertz CT molecular complexity index is 1430. The SMILES string of the molecule is O=C(N[C@@H](Cc1ccccc1)P(=O)(O)CC1(C(=O)N[C@@H](Cc2ccc(O)cc2)C(=O)O)CCCC1)OCc1ccccc1. The van der Waals surface area contributed by atoms with Gasteiger partial charge in [0, 0.05) is 19.0 Å². The number of carbonyl (C=O) groups excluding carboxylic acids is 2. The molecule has 2 amide bonds. The molecular weight excluding hydrogens is 571 g/mol. The van der Waals surface area contributed by atoms with Gasteiger partial charge in [0.1, 0.15) is 24.2 Å². The average Bonchev–Trinajstić information content (AvgIpc) is 3.46. The van der Waals surface area contributed by atoms with E-state index in [1.54, 1.807) is 48.5 Å². The first-order chi connectivity index (χ1) is 20.6. The average molecular weight is 609 g/mol. The Kier molecular flexibility index (Phi) is 10.6. The number of aromatic hydroxyl groups is 1. The standard InChI is InChI=1S/C32H37N2O8P/c35-26-15-13-24(14-16-26)19-27(29(36)37)33-30(38)32(17-7-8-18-32)22-43(40,41)28(20-23-9-3-1-4-10-23)34-31(39)42-21-25-11-5-2-6-12-25/h1-6,9-16,27-28,35H,7-8,17-22H2,(H,33,38)(H,34,39)(H,36,37)(H,40,41)/t27-,28+/m0/s1. The highest BCUT2D eigenvalue weighted by Crippen LogP contribution is 2.55. The van der Waals surface area contributed by atoms with Crippen LogP contribution in [0.3, 0.4) is 0 Å². The molecule has 0 heterocycles. The van der Waals surface area contributed by atoms with Gasteiger partial charge in [0.25, 0.3) is 0 Å². The van der Waals surface area contributed by atoms with Crippen LogP contribution in [-0.4, -0.2) is 51.1 Å². The van der Waals surface area contributed by atoms with E-state index >= 15 is 0 Å². The zero-order chi connectivity index (χ0) is 30.9. The third kappa shape index (κ3) is 8.92. The highest BCUT2D eigenvalue weighted by atomic mass is 31.2. The minimum absolute atomic E-state index is 0.0234. The maximum absolute atomic E-state index is 14.1. The molecule has 0 aromatic heterocycles. The van der Waals surface area contributed by atoms with Crippen LogP contribution in [0.5, 0.6) is 5.75 Å². The van der Waals surface area contributed by atoms with E-state index < -0.39 is 48.7 Å². The van der Waals surface area contributed by atoms with E-state index in [4.69, 9.17) is 4.74 Å². The Balaban J connectivity index is 1.52. The maximum atomic E-state index is 14.1. The van der Waals surface area contributed by atoms with Crippen LogP contribution in [0, 0.1) is 5.41 Å². The van der Waals surface area contributed by atoms with Gasteiger partial charge in [0.2, 0.25) is 13.3 Å². The largest absolute Gasteiger partial charge is 0.508 e. The molecule has 0 radical (unpaired) electrons. The van der Waals surface area contributed by atoms with E-state index in [0.717, 1.165) is 11.1 Å². The molecule has 43 heavy (non-hydrogen) atoms. The number of phenolic OH excluding ortho intramolecular Hbond substituents is 1. The van der Waals surface area contributed by atoms with Crippen molar-refractivity contribution >= 4 is 25.3 Å². The van der Waals surface area contributed by atoms with Gasteiger partial charge in [-0.1, -0.05) is 85.6 Å². The Labute approximate surface area is 250 Å². The first-order valence-corrected chi connectivity index (χ1v) is 16.1. The number of carboxylic acid groups (broad SMARTS) is 1. The lowest BCUT2D eigenvalue weighted by molar-refractivity contribution is -0.143. The molecule has 0 spiro atoms. The molecule has 1 aliphatic carbocycles. The molecule has 5 N–H and O–H groups in total. The minimum atomic E-state index is -4.27. The van der Waals surface area contributed by atoms with Gasteiger partial charge >= 0.3 is 12.1 Å². The summed E-state index contributed by atoms with van der Waals surface area (Å²) in [4.78, 5) is 50.1. The third-order valence-corrected chi connectivity index (χ3v) is 10.2. The number of ether oxygens (including phenoxy) is 1. The van der Waals surface area contributed by atoms with E-state index in [9.17, 15) is 34.1 Å². The molecule has 228 valence electrons. The molecule has 3 atom stereocenters. The molecule has 4 rings (SSSR count). The maximum Gasteiger partial charge on any atom is 0.408 e. The summed E-state index contributed by atoms with van der Waals surface area (Å²) >= 11 is 0. The van der Waals surface area contributed by atoms with Crippen LogP contribution in [0.2, 0.25) is 0 Å². The number of nitrogens with one attached hydrogen (secondary N) is 2. The molecule has 1 unspecified atom stereocenters. The number of hydrogen-bond donors (Lipinski definition) is 5. The molecule has 1 aliphatic rings. The van der Waals surface area contributed by atoms with Crippen molar-refractivity contribution in [1.29, 1.82) is 0 Å². The Morgan fingerprint density at radius 2 is 1.37 bits per heavy atom. The van der Waals surface area contributed by atoms with Crippen molar-refractivity contribution in [3.05, 3.63) is 102 Å². The van der Waals surface area contributed by atoms with Gasteiger partial charge < -0.3 is 30.5 Å². The summed E-state index contributed by atoms with van der Waals surface area (Å²) in [5.74, 6) is -3.05. The lowest BCUT2D eigenvalue weighted by atomic mass is 9.87. The second-order valence-corrected chi connectivity index (χ2v) is 13.5. The Morgan fingerprint density at radius 1 is 0.814 bits per heavy atom. The van der Waals surface area contributed by atoms with Crippen molar-refractivity contribution in [3.8, 4) is 5.75 Å². The van der Waals surface area contributed by atoms with Crippen molar-refractivity contribution in [3.63, 3.8) is 0 Å². The second kappa shape index (κ2) is 14.4. The predicted octanol–water partition coefficient (Wildman–Crippen LogP) is 4.83. The predicted molar refractivity (Wildman–Crippen MR) is 161 cm³/mol. The van der Waals surface area contributed by atoms with Gasteiger partial charge in [-0.15, -0.1) is 0 Å². The smallest absolute Gasteiger partial charge is 0.408 e. The fourth-order valence-electron chi connectivity index (χ4n) is 5.46. The van der Waals surface area contributed by atoms with E-state index in [1.807, 2.05) is 24.3 Å². The number of benzene rings is 3. The molecular formula is C32H37N2O8P. The van der Waals surface area contributed by atoms with Crippen molar-refractivity contribution in [2.45, 2.75) is 57.0 Å². The number of rotatable bonds is 13. The number of aliphatic carboxylic acids is 1. The van der Waals surface area contributed by atoms with Gasteiger partial charge in [-0.05, 0) is 41.7 Å². The molecule has 0 bridgehead atoms. The second-order valence-electron chi connectivity index (χ2n) is 11.0. The van der Waals surface area contributed by atoms with Gasteiger partial charge in [0.05, 0.1) is 5.41 Å². The van der Waals surface area contributed by atoms with E-state index in [1.165, 1.54) is 12.1 Å². The highest BCUT2D eigenvalue weighted by molar-refractivity contribution is 7.58. The van der Waals surface area contributed by atoms with Gasteiger partial charge in [-0.2, -0.15) is 0 Å². The summed E-state index contributed by atoms with van der Waals surface area (Å²) in [6.45, 7) is -0.0234. The van der Waals surface area contributed by atoms with Gasteiger partial charge in [0.15, 0.2) is 0 Å². The molecule has 10 nitrogen and oxygen atoms in total. The molecule has 0 aliphatic heterocycles. The van der Waals surface area contributed by atoms with Crippen LogP contribution in [0.4, 0.5) is 4.79 Å². The summed E-state index contributed by atoms with van der Waals surface area (Å²) in [6.07, 6.45) is 0.622. The summed E-state index contributed by atoms with van der Waals surface area (Å²) < 4.78 is 19.4. The zero-order valence-corrected chi connectivity index (χ0v) is 24.6. The topological polar surface area (TPSA) is 162 Å². The fraction of sp³-hybridized carbons (Fsp3) is 0.344. The molecule has 3 aromatic rings. The molecule has 0 saturated heterocycles. The lowest BCUT2D eigenvalue weighted by Gasteiger charge is -2.34. The fourth-order valence-corrected chi connectivity index (χ4v) is 7.82. The summed E-state index contributed by atoms with van der Waals surface area (Å²) in [6, 6.07) is 22.7. The monoisotopic (exact) mass is 608 g/mol. The normalized spacial score (nSPS) is 16.8. The number of hydrogen-bond acceptors (Lipinski definition) is 6. The van der Waals surface area contributed by atoms with E-state index in [0.29, 0.717) is 31.2 Å². The Morgan fingerprint density at radius 3 is 1.95 bits per heavy atom. The first-order valence-electron chi connectivity index (χ1n) is 14.2. The van der Waals surface area contributed by atoms with Gasteiger partial charge in [-0.25, -0.2) is 9.59 Å². The van der Waals surface area contributed by atoms with Crippen molar-refractivity contribution in [1.82, 2.24) is 10.6 Å². The third-order valence-electron chi connectivity index (χ3n) is 7.81. The number of amides is 2. The van der Waals surface area contributed by atoms with Crippen LogP contribution < -0.4 is 10.6 Å². The number of alkyl carbamates (subject to hydrolysis) is 1. The highest BCUT2D eigenvalue weighted by Gasteiger charge is 2.49. The summed E-state index contributed by atoms with van der Waals surface area (Å²) in [7, 11) is -4.27. The van der Waals surface area contributed by atoms with Crippen LogP contribution in [0.1, 0.15) is 42.4 Å². The summed E-state index contributed by atoms with van der Waals surface area (Å²) in [5.41, 5.74) is 0.790. The molecule has 11 heteroatoms. The number of carboxylic acids is 1. The van der Waals surface area contributed by atoms with Crippen LogP contribution >= 0.6 is 7.37 Å². The van der Waals surface area contributed by atoms with Crippen LogP contribution in [0.15, 0.2) is 84.9 Å². The van der Waals surface area contributed by atoms with Crippen molar-refractivity contribution in [2.75, 3.05) is 6.16 Å². The van der Waals surface area contributed by atoms with Crippen LogP contribution in [-0.2, 0) is 38.3 Å². The molecule has 1 fully saturated rings. The van der Waals surface area contributed by atoms with E-state index in [2.05, 4.69) is 10.6 Å². The minimum Gasteiger partial charge on any atom is -0.508 e. The summed E-state index contributed by atoms with van der Waals surface area (Å²) in [5, 5.41) is 24.6. The van der Waals surface area contributed by atoms with Crippen molar-refractivity contribution in [2.24, 2.45) is 5.41 Å². The quantitative estimate of drug-likeness (QED) is 0.172. The zero-order valence-electron chi connectivity index (χ0n) is 23.7.